The molecule has 0 saturated heterocycles. The topological polar surface area (TPSA) is 108 Å². The van der Waals surface area contributed by atoms with Gasteiger partial charge < -0.3 is 18.9 Å². The molecule has 0 radical (unpaired) electrons. The Labute approximate surface area is 513 Å². The van der Waals surface area contributed by atoms with Gasteiger partial charge in [-0.15, -0.1) is 0 Å². The van der Waals surface area contributed by atoms with Gasteiger partial charge in [-0.05, 0) is 141 Å². The van der Waals surface area contributed by atoms with Gasteiger partial charge >= 0.3 is 19.8 Å². The number of rotatable bonds is 56. The van der Waals surface area contributed by atoms with Crippen molar-refractivity contribution in [1.29, 1.82) is 0 Å². The molecule has 10 heteroatoms. The van der Waals surface area contributed by atoms with Crippen LogP contribution >= 0.6 is 7.82 Å². The van der Waals surface area contributed by atoms with Crippen LogP contribution in [0.25, 0.3) is 0 Å². The highest BCUT2D eigenvalue weighted by molar-refractivity contribution is 7.47. The number of esters is 2. The lowest BCUT2D eigenvalue weighted by molar-refractivity contribution is -0.870. The smallest absolute Gasteiger partial charge is 0.462 e. The molecule has 0 heterocycles. The summed E-state index contributed by atoms with van der Waals surface area (Å²) in [7, 11) is 1.42. The molecular formula is C74H117NO8P+. The van der Waals surface area contributed by atoms with Gasteiger partial charge in [-0.2, -0.15) is 0 Å². The molecule has 0 spiro atoms. The summed E-state index contributed by atoms with van der Waals surface area (Å²) in [5.41, 5.74) is 0. The third-order valence-corrected chi connectivity index (χ3v) is 13.6. The molecule has 0 bridgehead atoms. The second-order valence-corrected chi connectivity index (χ2v) is 23.1. The number of carbonyl (C=O) groups excluding carboxylic acids is 2. The van der Waals surface area contributed by atoms with Gasteiger partial charge in [-0.25, -0.2) is 4.57 Å². The monoisotopic (exact) mass is 1180 g/mol. The largest absolute Gasteiger partial charge is 0.472 e. The first-order valence-electron chi connectivity index (χ1n) is 32.2. The first-order chi connectivity index (χ1) is 41.0. The van der Waals surface area contributed by atoms with E-state index in [9.17, 15) is 19.0 Å². The van der Waals surface area contributed by atoms with Crippen molar-refractivity contribution in [1.82, 2.24) is 0 Å². The van der Waals surface area contributed by atoms with Crippen LogP contribution in [0.15, 0.2) is 194 Å². The van der Waals surface area contributed by atoms with Gasteiger partial charge in [0.2, 0.25) is 0 Å². The molecule has 0 rings (SSSR count). The van der Waals surface area contributed by atoms with E-state index in [1.165, 1.54) is 0 Å². The van der Waals surface area contributed by atoms with E-state index in [0.717, 1.165) is 167 Å². The predicted octanol–water partition coefficient (Wildman–Crippen LogP) is 20.9. The Morgan fingerprint density at radius 1 is 0.369 bits per heavy atom. The molecule has 0 aliphatic carbocycles. The molecule has 1 N–H and O–H groups in total. The average molecular weight is 1180 g/mol. The van der Waals surface area contributed by atoms with Gasteiger partial charge in [0.1, 0.15) is 19.8 Å². The summed E-state index contributed by atoms with van der Waals surface area (Å²) >= 11 is 0. The maximum Gasteiger partial charge on any atom is 0.472 e. The lowest BCUT2D eigenvalue weighted by atomic mass is 10.1. The van der Waals surface area contributed by atoms with Crippen LogP contribution in [0.3, 0.4) is 0 Å². The first-order valence-corrected chi connectivity index (χ1v) is 33.7. The average Bonchev–Trinajstić information content (AvgIpc) is 3.61. The van der Waals surface area contributed by atoms with Gasteiger partial charge in [0.15, 0.2) is 6.10 Å². The molecule has 0 aromatic rings. The van der Waals surface area contributed by atoms with Gasteiger partial charge in [0, 0.05) is 12.8 Å². The number of unbranched alkanes of at least 4 members (excludes halogenated alkanes) is 10. The van der Waals surface area contributed by atoms with Gasteiger partial charge in [-0.1, -0.05) is 247 Å². The molecule has 0 aliphatic rings. The summed E-state index contributed by atoms with van der Waals surface area (Å²) in [6.45, 7) is 4.12. The van der Waals surface area contributed by atoms with Crippen LogP contribution in [0, 0.1) is 0 Å². The number of likely N-dealkylation sites (N-methyl/N-ethyl adjacent to an activating group) is 1. The van der Waals surface area contributed by atoms with Crippen molar-refractivity contribution < 1.29 is 42.1 Å². The number of hydrogen-bond donors (Lipinski definition) is 1. The number of nitrogens with zero attached hydrogens (tertiary/aromatic N) is 1. The molecule has 2 atom stereocenters. The van der Waals surface area contributed by atoms with Crippen molar-refractivity contribution in [3.05, 3.63) is 194 Å². The van der Waals surface area contributed by atoms with E-state index in [0.29, 0.717) is 23.9 Å². The maximum atomic E-state index is 12.8. The molecule has 0 aromatic carbocycles. The molecule has 0 fully saturated rings. The van der Waals surface area contributed by atoms with Gasteiger partial charge in [-0.3, -0.25) is 18.6 Å². The van der Waals surface area contributed by atoms with Crippen molar-refractivity contribution in [2.45, 2.75) is 213 Å². The minimum absolute atomic E-state index is 0.0124. The molecule has 0 aromatic heterocycles. The van der Waals surface area contributed by atoms with Crippen molar-refractivity contribution in [3.63, 3.8) is 0 Å². The minimum Gasteiger partial charge on any atom is -0.462 e. The van der Waals surface area contributed by atoms with E-state index < -0.39 is 32.5 Å². The molecular weight excluding hydrogens is 1060 g/mol. The van der Waals surface area contributed by atoms with Crippen molar-refractivity contribution in [2.75, 3.05) is 47.5 Å². The summed E-state index contributed by atoms with van der Waals surface area (Å²) in [6, 6.07) is 0. The first kappa shape index (κ1) is 78.8. The van der Waals surface area contributed by atoms with Crippen molar-refractivity contribution >= 4 is 19.8 Å². The van der Waals surface area contributed by atoms with Crippen LogP contribution in [0.1, 0.15) is 206 Å². The van der Waals surface area contributed by atoms with E-state index in [1.54, 1.807) is 0 Å². The normalized spacial score (nSPS) is 14.5. The lowest BCUT2D eigenvalue weighted by Gasteiger charge is -2.24. The highest BCUT2D eigenvalue weighted by Crippen LogP contribution is 2.43. The standard InChI is InChI=1S/C74H116NO8P/c1-6-8-10-12-14-16-18-20-22-24-26-28-29-30-31-32-33-34-35-36-37-38-39-40-41-42-43-44-45-47-49-51-53-55-57-59-61-63-65-67-74(77)83-72(71-82-84(78,79)81-69-68-75(3,4)5)70-80-73(76)66-64-62-60-58-56-54-52-50-48-46-27-25-23-21-19-17-15-13-11-9-7-2/h8-11,14-17,20-23,26-28,30-31,33-34,36-37,39-40,42-43,45-47,50-53,72H,6-7,12-13,18-19,24-25,29,32,35,38,41,44,48-49,54-71H2,1-5H3/p+1/b10-8-,11-9-,16-14-,17-15-,22-20-,23-21-,28-26-,31-30-,34-33-,37-36-,40-39-,43-42-,46-27-,47-45-,52-50-,53-51-. The molecule has 470 valence electrons. The fourth-order valence-corrected chi connectivity index (χ4v) is 8.49. The highest BCUT2D eigenvalue weighted by atomic mass is 31.2. The number of hydrogen-bond acceptors (Lipinski definition) is 7. The van der Waals surface area contributed by atoms with E-state index in [-0.39, 0.29) is 26.1 Å². The Balaban J connectivity index is 4.24. The second kappa shape index (κ2) is 62.4. The summed E-state index contributed by atoms with van der Waals surface area (Å²) in [6.07, 6.45) is 98.0. The van der Waals surface area contributed by atoms with Crippen molar-refractivity contribution in [3.8, 4) is 0 Å². The van der Waals surface area contributed by atoms with Crippen LogP contribution in [0.5, 0.6) is 0 Å². The molecule has 0 amide bonds. The zero-order chi connectivity index (χ0) is 61.2. The second-order valence-electron chi connectivity index (χ2n) is 21.7. The van der Waals surface area contributed by atoms with Crippen LogP contribution in [-0.4, -0.2) is 74.9 Å². The maximum absolute atomic E-state index is 12.8. The summed E-state index contributed by atoms with van der Waals surface area (Å²) in [5, 5.41) is 0. The molecule has 84 heavy (non-hydrogen) atoms. The Bertz CT molecular complexity index is 2120. The Kier molecular flexibility index (Phi) is 58.6. The van der Waals surface area contributed by atoms with E-state index in [2.05, 4.69) is 208 Å². The fourth-order valence-electron chi connectivity index (χ4n) is 7.75. The van der Waals surface area contributed by atoms with Crippen LogP contribution in [-0.2, 0) is 32.7 Å². The number of phosphoric acid groups is 1. The third kappa shape index (κ3) is 66.0. The molecule has 0 saturated carbocycles. The Morgan fingerprint density at radius 2 is 0.643 bits per heavy atom. The van der Waals surface area contributed by atoms with Crippen LogP contribution < -0.4 is 0 Å². The lowest BCUT2D eigenvalue weighted by Crippen LogP contribution is -2.37. The number of allylic oxidation sites excluding steroid dienone is 32. The zero-order valence-electron chi connectivity index (χ0n) is 53.3. The summed E-state index contributed by atoms with van der Waals surface area (Å²) in [4.78, 5) is 35.8. The molecule has 2 unspecified atom stereocenters. The van der Waals surface area contributed by atoms with E-state index in [4.69, 9.17) is 18.5 Å². The number of phosphoric ester groups is 1. The summed E-state index contributed by atoms with van der Waals surface area (Å²) < 4.78 is 34.6. The van der Waals surface area contributed by atoms with Gasteiger partial charge in [0.25, 0.3) is 0 Å². The Hall–Kier alpha value is -5.15. The predicted molar refractivity (Wildman–Crippen MR) is 362 cm³/mol. The molecule has 0 aliphatic heterocycles. The summed E-state index contributed by atoms with van der Waals surface area (Å²) in [5.74, 6) is -0.859. The third-order valence-electron chi connectivity index (χ3n) is 12.6. The van der Waals surface area contributed by atoms with Gasteiger partial charge in [0.05, 0.1) is 27.7 Å². The van der Waals surface area contributed by atoms with E-state index in [1.807, 2.05) is 21.1 Å². The van der Waals surface area contributed by atoms with Crippen LogP contribution in [0.2, 0.25) is 0 Å². The number of quaternary nitrogens is 1. The quantitative estimate of drug-likeness (QED) is 0.0211. The number of carbonyl (C=O) groups is 2. The van der Waals surface area contributed by atoms with Crippen molar-refractivity contribution in [2.24, 2.45) is 0 Å². The highest BCUT2D eigenvalue weighted by Gasteiger charge is 2.27. The minimum atomic E-state index is -4.42. The van der Waals surface area contributed by atoms with Crippen LogP contribution in [0.4, 0.5) is 0 Å². The fraction of sp³-hybridized carbons (Fsp3) is 0.541. The zero-order valence-corrected chi connectivity index (χ0v) is 54.2. The SMILES string of the molecule is CC/C=C\C/C=C\C/C=C\C/C=C\C/C=C\C/C=C\C/C=C\C/C=C\C/C=C\C/C=C\C/C=C\CCCCCCCC(=O)OC(COC(=O)CCCCCCC/C=C\C/C=C\C/C=C\C/C=C\C/C=C\CC)COP(=O)(O)OCC[N+](C)(C)C. The van der Waals surface area contributed by atoms with E-state index >= 15 is 0 Å². The molecule has 9 nitrogen and oxygen atoms in total. The Morgan fingerprint density at radius 3 is 0.952 bits per heavy atom. The number of ether oxygens (including phenoxy) is 2.